The molecule has 1 heterocycles. The molecule has 0 radical (unpaired) electrons. The van der Waals surface area contributed by atoms with Crippen LogP contribution < -0.4 is 11.1 Å². The van der Waals surface area contributed by atoms with E-state index < -0.39 is 0 Å². The molecule has 2 amide bonds. The summed E-state index contributed by atoms with van der Waals surface area (Å²) >= 11 is 0. The Balaban J connectivity index is 2.07. The minimum absolute atomic E-state index is 0.0833. The quantitative estimate of drug-likeness (QED) is 0.791. The molecule has 2 rings (SSSR count). The summed E-state index contributed by atoms with van der Waals surface area (Å²) in [5, 5.41) is 2.72. The summed E-state index contributed by atoms with van der Waals surface area (Å²) in [7, 11) is 3.38. The molecule has 0 spiro atoms. The number of carbonyl (C=O) groups is 2. The van der Waals surface area contributed by atoms with Crippen LogP contribution in [0.3, 0.4) is 0 Å². The molecule has 2 aromatic rings. The molecule has 0 saturated heterocycles. The Morgan fingerprint density at radius 1 is 1.20 bits per heavy atom. The number of nitrogens with two attached hydrogens (primary N) is 1. The van der Waals surface area contributed by atoms with E-state index in [0.717, 1.165) is 0 Å². The molecule has 1 aromatic heterocycles. The molecule has 20 heavy (non-hydrogen) atoms. The molecule has 0 aliphatic heterocycles. The summed E-state index contributed by atoms with van der Waals surface area (Å²) in [5.74, 6) is -0.367. The number of nitrogens with zero attached hydrogens (tertiary/aromatic N) is 1. The average Bonchev–Trinajstić information content (AvgIpc) is 2.85. The standard InChI is InChI=1S/C14H16N4O2/c1-18(2)14(20)9-3-5-11(6-4-9)17-13(19)12-7-10(15)8-16-12/h3-8,16H,15H2,1-2H3,(H,17,19). The first kappa shape index (κ1) is 13.7. The van der Waals surface area contributed by atoms with E-state index in [2.05, 4.69) is 10.3 Å². The van der Waals surface area contributed by atoms with Crippen molar-refractivity contribution >= 4 is 23.2 Å². The predicted octanol–water partition coefficient (Wildman–Crippen LogP) is 1.55. The third-order valence-corrected chi connectivity index (χ3v) is 2.75. The summed E-state index contributed by atoms with van der Waals surface area (Å²) in [5.41, 5.74) is 7.60. The first-order valence-corrected chi connectivity index (χ1v) is 6.04. The molecule has 0 aliphatic carbocycles. The van der Waals surface area contributed by atoms with Gasteiger partial charge in [0.1, 0.15) is 5.69 Å². The number of carbonyl (C=O) groups excluding carboxylic acids is 2. The first-order chi connectivity index (χ1) is 9.47. The fourth-order valence-electron chi connectivity index (χ4n) is 1.69. The van der Waals surface area contributed by atoms with Crippen molar-refractivity contribution in [3.05, 3.63) is 47.8 Å². The van der Waals surface area contributed by atoms with Crippen LogP contribution >= 0.6 is 0 Å². The molecule has 0 atom stereocenters. The zero-order chi connectivity index (χ0) is 14.7. The Kier molecular flexibility index (Phi) is 3.74. The van der Waals surface area contributed by atoms with Gasteiger partial charge in [0.2, 0.25) is 0 Å². The van der Waals surface area contributed by atoms with Gasteiger partial charge in [0.05, 0.1) is 0 Å². The molecule has 0 saturated carbocycles. The lowest BCUT2D eigenvalue weighted by molar-refractivity contribution is 0.0827. The number of aromatic amines is 1. The number of H-pyrrole nitrogens is 1. The maximum Gasteiger partial charge on any atom is 0.272 e. The van der Waals surface area contributed by atoms with Crippen LogP contribution in [0.4, 0.5) is 11.4 Å². The van der Waals surface area contributed by atoms with Gasteiger partial charge in [-0.1, -0.05) is 0 Å². The van der Waals surface area contributed by atoms with Gasteiger partial charge in [0.15, 0.2) is 0 Å². The number of hydrogen-bond donors (Lipinski definition) is 3. The zero-order valence-electron chi connectivity index (χ0n) is 11.3. The third-order valence-electron chi connectivity index (χ3n) is 2.75. The molecule has 0 unspecified atom stereocenters. The number of hydrogen-bond acceptors (Lipinski definition) is 3. The molecule has 0 fully saturated rings. The molecule has 0 bridgehead atoms. The van der Waals surface area contributed by atoms with Gasteiger partial charge < -0.3 is 20.9 Å². The molecule has 6 nitrogen and oxygen atoms in total. The normalized spacial score (nSPS) is 10.1. The van der Waals surface area contributed by atoms with E-state index in [1.54, 1.807) is 50.6 Å². The van der Waals surface area contributed by atoms with Gasteiger partial charge >= 0.3 is 0 Å². The Labute approximate surface area is 116 Å². The van der Waals surface area contributed by atoms with E-state index in [1.807, 2.05) is 0 Å². The van der Waals surface area contributed by atoms with Gasteiger partial charge in [-0.25, -0.2) is 0 Å². The number of anilines is 2. The topological polar surface area (TPSA) is 91.2 Å². The van der Waals surface area contributed by atoms with Crippen molar-refractivity contribution in [3.8, 4) is 0 Å². The zero-order valence-corrected chi connectivity index (χ0v) is 11.3. The van der Waals surface area contributed by atoms with Crippen molar-refractivity contribution in [3.63, 3.8) is 0 Å². The Hall–Kier alpha value is -2.76. The smallest absolute Gasteiger partial charge is 0.272 e. The van der Waals surface area contributed by atoms with Crippen molar-refractivity contribution in [1.29, 1.82) is 0 Å². The van der Waals surface area contributed by atoms with E-state index in [1.165, 1.54) is 4.90 Å². The number of aromatic nitrogens is 1. The average molecular weight is 272 g/mol. The van der Waals surface area contributed by atoms with Gasteiger partial charge in [0, 0.05) is 37.2 Å². The summed E-state index contributed by atoms with van der Waals surface area (Å²) in [6.07, 6.45) is 1.55. The van der Waals surface area contributed by atoms with Gasteiger partial charge in [-0.3, -0.25) is 9.59 Å². The fraction of sp³-hybridized carbons (Fsp3) is 0.143. The minimum atomic E-state index is -0.284. The summed E-state index contributed by atoms with van der Waals surface area (Å²) in [4.78, 5) is 27.9. The predicted molar refractivity (Wildman–Crippen MR) is 77.6 cm³/mol. The number of nitrogens with one attached hydrogen (secondary N) is 2. The second kappa shape index (κ2) is 5.48. The molecule has 104 valence electrons. The van der Waals surface area contributed by atoms with Crippen LogP contribution in [0.2, 0.25) is 0 Å². The van der Waals surface area contributed by atoms with Crippen LogP contribution in [0.1, 0.15) is 20.8 Å². The highest BCUT2D eigenvalue weighted by atomic mass is 16.2. The van der Waals surface area contributed by atoms with Crippen LogP contribution in [0.15, 0.2) is 36.5 Å². The lowest BCUT2D eigenvalue weighted by Gasteiger charge is -2.10. The van der Waals surface area contributed by atoms with E-state index in [4.69, 9.17) is 5.73 Å². The SMILES string of the molecule is CN(C)C(=O)c1ccc(NC(=O)c2cc(N)c[nH]2)cc1. The van der Waals surface area contributed by atoms with E-state index in [9.17, 15) is 9.59 Å². The minimum Gasteiger partial charge on any atom is -0.397 e. The maximum atomic E-state index is 11.9. The molecular formula is C14H16N4O2. The molecule has 4 N–H and O–H groups in total. The van der Waals surface area contributed by atoms with E-state index in [-0.39, 0.29) is 11.8 Å². The lowest BCUT2D eigenvalue weighted by Crippen LogP contribution is -2.21. The van der Waals surface area contributed by atoms with Crippen molar-refractivity contribution in [1.82, 2.24) is 9.88 Å². The lowest BCUT2D eigenvalue weighted by atomic mass is 10.2. The van der Waals surface area contributed by atoms with Gasteiger partial charge in [-0.05, 0) is 30.3 Å². The summed E-state index contributed by atoms with van der Waals surface area (Å²) in [6.45, 7) is 0. The summed E-state index contributed by atoms with van der Waals surface area (Å²) < 4.78 is 0. The van der Waals surface area contributed by atoms with Crippen molar-refractivity contribution in [2.45, 2.75) is 0 Å². The Bertz CT molecular complexity index is 629. The number of amides is 2. The van der Waals surface area contributed by atoms with Gasteiger partial charge in [-0.15, -0.1) is 0 Å². The Morgan fingerprint density at radius 3 is 2.35 bits per heavy atom. The highest BCUT2D eigenvalue weighted by Crippen LogP contribution is 2.13. The van der Waals surface area contributed by atoms with Crippen LogP contribution in [0.25, 0.3) is 0 Å². The van der Waals surface area contributed by atoms with Crippen LogP contribution in [0, 0.1) is 0 Å². The molecule has 0 aliphatic rings. The number of nitrogen functional groups attached to an aromatic ring is 1. The third kappa shape index (κ3) is 2.97. The maximum absolute atomic E-state index is 11.9. The first-order valence-electron chi connectivity index (χ1n) is 6.04. The van der Waals surface area contributed by atoms with Crippen LogP contribution in [-0.4, -0.2) is 35.8 Å². The van der Waals surface area contributed by atoms with E-state index in [0.29, 0.717) is 22.6 Å². The van der Waals surface area contributed by atoms with Crippen molar-refractivity contribution in [2.75, 3.05) is 25.1 Å². The largest absolute Gasteiger partial charge is 0.397 e. The molecular weight excluding hydrogens is 256 g/mol. The van der Waals surface area contributed by atoms with Gasteiger partial charge in [0.25, 0.3) is 11.8 Å². The number of rotatable bonds is 3. The fourth-order valence-corrected chi connectivity index (χ4v) is 1.69. The Morgan fingerprint density at radius 2 is 1.85 bits per heavy atom. The second-order valence-corrected chi connectivity index (χ2v) is 4.58. The highest BCUT2D eigenvalue weighted by Gasteiger charge is 2.10. The van der Waals surface area contributed by atoms with Crippen LogP contribution in [-0.2, 0) is 0 Å². The van der Waals surface area contributed by atoms with Crippen LogP contribution in [0.5, 0.6) is 0 Å². The van der Waals surface area contributed by atoms with Crippen molar-refractivity contribution < 1.29 is 9.59 Å². The second-order valence-electron chi connectivity index (χ2n) is 4.58. The highest BCUT2D eigenvalue weighted by molar-refractivity contribution is 6.03. The monoisotopic (exact) mass is 272 g/mol. The van der Waals surface area contributed by atoms with Crippen molar-refractivity contribution in [2.24, 2.45) is 0 Å². The van der Waals surface area contributed by atoms with E-state index >= 15 is 0 Å². The number of benzene rings is 1. The summed E-state index contributed by atoms with van der Waals surface area (Å²) in [6, 6.07) is 8.25. The molecule has 1 aromatic carbocycles. The van der Waals surface area contributed by atoms with Gasteiger partial charge in [-0.2, -0.15) is 0 Å². The molecule has 6 heteroatoms.